The van der Waals surface area contributed by atoms with Gasteiger partial charge in [0.15, 0.2) is 0 Å². The molecule has 1 saturated heterocycles. The largest absolute Gasteiger partial charge is 0.497 e. The molecule has 2 amide bonds. The summed E-state index contributed by atoms with van der Waals surface area (Å²) in [4.78, 5) is 27.7. The van der Waals surface area contributed by atoms with E-state index in [0.717, 1.165) is 12.8 Å². The fourth-order valence-electron chi connectivity index (χ4n) is 4.34. The van der Waals surface area contributed by atoms with Crippen LogP contribution in [-0.4, -0.2) is 49.8 Å². The predicted molar refractivity (Wildman–Crippen MR) is 136 cm³/mol. The summed E-state index contributed by atoms with van der Waals surface area (Å²) in [5.74, 6) is -1.53. The highest BCUT2D eigenvalue weighted by molar-refractivity contribution is 7.91. The quantitative estimate of drug-likeness (QED) is 0.501. The normalized spacial score (nSPS) is 16.0. The molecule has 6 nitrogen and oxygen atoms in total. The van der Waals surface area contributed by atoms with Gasteiger partial charge in [-0.1, -0.05) is 61.8 Å². The Morgan fingerprint density at radius 2 is 1.54 bits per heavy atom. The van der Waals surface area contributed by atoms with Gasteiger partial charge in [-0.2, -0.15) is 13.2 Å². The number of alkyl halides is 3. The van der Waals surface area contributed by atoms with E-state index in [1.165, 1.54) is 29.8 Å². The summed E-state index contributed by atoms with van der Waals surface area (Å²) in [6.07, 6.45) is 1.52. The van der Waals surface area contributed by atoms with Gasteiger partial charge in [0.2, 0.25) is 11.8 Å². The monoisotopic (exact) mass is 558 g/mol. The number of carbonyl (C=O) groups is 2. The van der Waals surface area contributed by atoms with Crippen molar-refractivity contribution in [3.8, 4) is 0 Å². The molecule has 0 spiro atoms. The maximum atomic E-state index is 13.2. The minimum absolute atomic E-state index is 0.0290. The molecule has 1 heterocycles. The summed E-state index contributed by atoms with van der Waals surface area (Å²) in [5.41, 5.74) is -3.68. The summed E-state index contributed by atoms with van der Waals surface area (Å²) in [7, 11) is -5.28. The van der Waals surface area contributed by atoms with E-state index >= 15 is 0 Å². The van der Waals surface area contributed by atoms with Gasteiger partial charge in [-0.05, 0) is 53.5 Å². The Labute approximate surface area is 220 Å². The second-order valence-corrected chi connectivity index (χ2v) is 12.1. The van der Waals surface area contributed by atoms with E-state index in [1.54, 1.807) is 4.90 Å². The van der Waals surface area contributed by atoms with E-state index in [1.807, 2.05) is 38.1 Å². The Morgan fingerprint density at radius 1 is 1.00 bits per heavy atom. The van der Waals surface area contributed by atoms with Gasteiger partial charge in [0, 0.05) is 18.1 Å². The first-order valence-corrected chi connectivity index (χ1v) is 14.0. The number of halogens is 4. The van der Waals surface area contributed by atoms with Crippen molar-refractivity contribution in [2.45, 2.75) is 56.3 Å². The van der Waals surface area contributed by atoms with Crippen molar-refractivity contribution in [1.82, 2.24) is 10.2 Å². The highest BCUT2D eigenvalue weighted by atomic mass is 35.5. The molecule has 0 unspecified atom stereocenters. The highest BCUT2D eigenvalue weighted by Crippen LogP contribution is 2.30. The van der Waals surface area contributed by atoms with Crippen LogP contribution in [-0.2, 0) is 31.6 Å². The third-order valence-corrected chi connectivity index (χ3v) is 8.16. The van der Waals surface area contributed by atoms with Crippen LogP contribution in [0, 0.1) is 5.92 Å². The van der Waals surface area contributed by atoms with E-state index in [0.29, 0.717) is 29.6 Å². The number of hydrogen-bond acceptors (Lipinski definition) is 4. The number of benzene rings is 2. The van der Waals surface area contributed by atoms with E-state index in [9.17, 15) is 31.2 Å². The van der Waals surface area contributed by atoms with Crippen molar-refractivity contribution in [3.63, 3.8) is 0 Å². The molecule has 202 valence electrons. The van der Waals surface area contributed by atoms with Crippen molar-refractivity contribution in [1.29, 1.82) is 0 Å². The molecule has 0 aromatic heterocycles. The van der Waals surface area contributed by atoms with Crippen molar-refractivity contribution in [3.05, 3.63) is 70.2 Å². The van der Waals surface area contributed by atoms with E-state index in [-0.39, 0.29) is 23.8 Å². The lowest BCUT2D eigenvalue weighted by atomic mass is 9.89. The predicted octanol–water partition coefficient (Wildman–Crippen LogP) is 4.86. The molecule has 0 radical (unpaired) electrons. The molecule has 11 heteroatoms. The van der Waals surface area contributed by atoms with Crippen molar-refractivity contribution < 1.29 is 31.2 Å². The minimum Gasteiger partial charge on any atom is -0.344 e. The Morgan fingerprint density at radius 3 is 2.05 bits per heavy atom. The lowest BCUT2D eigenvalue weighted by molar-refractivity contribution is -0.138. The number of nitrogens with one attached hydrogen (secondary N) is 1. The molecule has 0 aliphatic carbocycles. The standard InChI is InChI=1S/C26H30ClF3N2O4S/c1-17(2)24(25(34)32-13-11-21(12-14-32)20-7-9-22(27)10-8-20)31-23(33)15-18-3-5-19(6-4-18)16-37(35,36)26(28,29)30/h3-10,17,21,24H,11-16H2,1-2H3,(H,31,33)/t24-/m1/s1. The SMILES string of the molecule is CC(C)[C@@H](NC(=O)Cc1ccc(CS(=O)(=O)C(F)(F)F)cc1)C(=O)N1CCC(c2ccc(Cl)cc2)CC1. The minimum atomic E-state index is -5.32. The number of sulfone groups is 1. The van der Waals surface area contributed by atoms with Crippen LogP contribution in [0.3, 0.4) is 0 Å². The number of amides is 2. The molecule has 0 saturated carbocycles. The summed E-state index contributed by atoms with van der Waals surface area (Å²) in [6.45, 7) is 4.85. The first-order chi connectivity index (χ1) is 17.3. The first-order valence-electron chi connectivity index (χ1n) is 12.0. The molecule has 1 aliphatic rings. The van der Waals surface area contributed by atoms with Gasteiger partial charge in [0.25, 0.3) is 9.84 Å². The van der Waals surface area contributed by atoms with E-state index < -0.39 is 33.0 Å². The summed E-state index contributed by atoms with van der Waals surface area (Å²) in [5, 5.41) is 3.47. The third kappa shape index (κ3) is 7.70. The van der Waals surface area contributed by atoms with E-state index in [4.69, 9.17) is 11.6 Å². The lowest BCUT2D eigenvalue weighted by Gasteiger charge is -2.35. The van der Waals surface area contributed by atoms with Gasteiger partial charge < -0.3 is 10.2 Å². The number of likely N-dealkylation sites (tertiary alicyclic amines) is 1. The lowest BCUT2D eigenvalue weighted by Crippen LogP contribution is -2.53. The van der Waals surface area contributed by atoms with Crippen molar-refractivity contribution >= 4 is 33.3 Å². The fraction of sp³-hybridized carbons (Fsp3) is 0.462. The van der Waals surface area contributed by atoms with Gasteiger partial charge >= 0.3 is 5.51 Å². The van der Waals surface area contributed by atoms with Gasteiger partial charge in [-0.15, -0.1) is 0 Å². The van der Waals surface area contributed by atoms with Gasteiger partial charge in [0.1, 0.15) is 6.04 Å². The summed E-state index contributed by atoms with van der Waals surface area (Å²) < 4.78 is 60.4. The maximum absolute atomic E-state index is 13.2. The number of rotatable bonds is 8. The van der Waals surface area contributed by atoms with Crippen LogP contribution in [0.15, 0.2) is 48.5 Å². The zero-order valence-electron chi connectivity index (χ0n) is 20.6. The van der Waals surface area contributed by atoms with Crippen LogP contribution in [0.1, 0.15) is 49.3 Å². The molecular weight excluding hydrogens is 529 g/mol. The number of hydrogen-bond donors (Lipinski definition) is 1. The van der Waals surface area contributed by atoms with Gasteiger partial charge in [-0.25, -0.2) is 8.42 Å². The molecule has 1 fully saturated rings. The third-order valence-electron chi connectivity index (χ3n) is 6.49. The highest BCUT2D eigenvalue weighted by Gasteiger charge is 2.45. The zero-order chi connectivity index (χ0) is 27.4. The number of nitrogens with zero attached hydrogens (tertiary/aromatic N) is 1. The molecule has 0 bridgehead atoms. The molecule has 1 aliphatic heterocycles. The summed E-state index contributed by atoms with van der Waals surface area (Å²) >= 11 is 5.97. The van der Waals surface area contributed by atoms with Crippen LogP contribution in [0.5, 0.6) is 0 Å². The second-order valence-electron chi connectivity index (χ2n) is 9.64. The van der Waals surface area contributed by atoms with Crippen LogP contribution in [0.4, 0.5) is 13.2 Å². The Bertz CT molecular complexity index is 1190. The molecular formula is C26H30ClF3N2O4S. The van der Waals surface area contributed by atoms with Crippen molar-refractivity contribution in [2.75, 3.05) is 13.1 Å². The first kappa shape index (κ1) is 29.0. The molecule has 3 rings (SSSR count). The maximum Gasteiger partial charge on any atom is 0.497 e. The molecule has 37 heavy (non-hydrogen) atoms. The fourth-order valence-corrected chi connectivity index (χ4v) is 5.26. The van der Waals surface area contributed by atoms with Crippen molar-refractivity contribution in [2.24, 2.45) is 5.92 Å². The van der Waals surface area contributed by atoms with Crippen LogP contribution < -0.4 is 5.32 Å². The summed E-state index contributed by atoms with van der Waals surface area (Å²) in [6, 6.07) is 12.3. The smallest absolute Gasteiger partial charge is 0.344 e. The molecule has 1 atom stereocenters. The molecule has 2 aromatic rings. The van der Waals surface area contributed by atoms with Gasteiger partial charge in [0.05, 0.1) is 12.2 Å². The van der Waals surface area contributed by atoms with E-state index in [2.05, 4.69) is 5.32 Å². The zero-order valence-corrected chi connectivity index (χ0v) is 22.2. The second kappa shape index (κ2) is 11.9. The van der Waals surface area contributed by atoms with Crippen LogP contribution >= 0.6 is 11.6 Å². The van der Waals surface area contributed by atoms with Crippen LogP contribution in [0.25, 0.3) is 0 Å². The average molecular weight is 559 g/mol. The number of piperidine rings is 1. The molecule has 1 N–H and O–H groups in total. The number of carbonyl (C=O) groups excluding carboxylic acids is 2. The Hall–Kier alpha value is -2.59. The Kier molecular flexibility index (Phi) is 9.28. The Balaban J connectivity index is 1.56. The topological polar surface area (TPSA) is 83.5 Å². The molecule has 2 aromatic carbocycles. The van der Waals surface area contributed by atoms with Gasteiger partial charge in [-0.3, -0.25) is 9.59 Å². The van der Waals surface area contributed by atoms with Crippen LogP contribution in [0.2, 0.25) is 5.02 Å². The average Bonchev–Trinajstić information content (AvgIpc) is 2.83.